The quantitative estimate of drug-likeness (QED) is 0.410. The van der Waals surface area contributed by atoms with Crippen molar-refractivity contribution >= 4 is 29.6 Å². The van der Waals surface area contributed by atoms with E-state index in [0.29, 0.717) is 0 Å². The largest absolute Gasteiger partial charge is 0.490 e. The summed E-state index contributed by atoms with van der Waals surface area (Å²) in [6, 6.07) is 11.2. The third-order valence-corrected chi connectivity index (χ3v) is 6.13. The van der Waals surface area contributed by atoms with Crippen LogP contribution in [0.2, 0.25) is 0 Å². The molecule has 9 heteroatoms. The molecule has 0 bridgehead atoms. The van der Waals surface area contributed by atoms with Gasteiger partial charge in [-0.1, -0.05) is 43.5 Å². The normalized spacial score (nSPS) is 15.8. The topological polar surface area (TPSA) is 78.9 Å². The van der Waals surface area contributed by atoms with Crippen LogP contribution in [0.5, 0.6) is 0 Å². The molecular weight excluding hydrogens is 439 g/mol. The van der Waals surface area contributed by atoms with Crippen molar-refractivity contribution in [1.82, 2.24) is 15.0 Å². The number of nitrogens with one attached hydrogen (secondary N) is 1. The van der Waals surface area contributed by atoms with E-state index < -0.39 is 12.1 Å². The minimum atomic E-state index is -5.08. The molecule has 4 rings (SSSR count). The number of aliphatic carboxylic acids is 1. The van der Waals surface area contributed by atoms with E-state index in [0.717, 1.165) is 34.9 Å². The van der Waals surface area contributed by atoms with Crippen LogP contribution in [0.25, 0.3) is 11.0 Å². The fourth-order valence-corrected chi connectivity index (χ4v) is 4.27. The van der Waals surface area contributed by atoms with Crippen molar-refractivity contribution in [3.63, 3.8) is 0 Å². The second kappa shape index (κ2) is 10.8. The standard InChI is InChI=1S/C21H25N3S.C2HF3O2/c25-14-18(21-23-19-10-11-22-13-20(19)24-21)12-15-6-8-17(9-7-15)16-4-2-1-3-5-16;3-2(4,5)1(6)7/h6-11,13,16,18,25H,1-5,12,14H2,(H,23,24);(H,6,7)/t18-;/m1./s1. The summed E-state index contributed by atoms with van der Waals surface area (Å²) in [6.45, 7) is 0. The van der Waals surface area contributed by atoms with Gasteiger partial charge < -0.3 is 10.1 Å². The van der Waals surface area contributed by atoms with Gasteiger partial charge in [-0.25, -0.2) is 9.78 Å². The van der Waals surface area contributed by atoms with E-state index in [1.165, 1.54) is 43.2 Å². The van der Waals surface area contributed by atoms with Crippen LogP contribution in [0.3, 0.4) is 0 Å². The number of alkyl halides is 3. The number of hydrogen-bond acceptors (Lipinski definition) is 4. The van der Waals surface area contributed by atoms with Crippen molar-refractivity contribution in [2.75, 3.05) is 5.75 Å². The molecule has 1 fully saturated rings. The molecule has 0 aliphatic heterocycles. The number of H-pyrrole nitrogens is 1. The molecule has 0 saturated heterocycles. The molecule has 2 heterocycles. The molecule has 1 saturated carbocycles. The molecule has 3 aromatic rings. The van der Waals surface area contributed by atoms with Gasteiger partial charge >= 0.3 is 12.1 Å². The number of carboxylic acid groups (broad SMARTS) is 1. The Kier molecular flexibility index (Phi) is 8.17. The second-order valence-electron chi connectivity index (χ2n) is 7.98. The van der Waals surface area contributed by atoms with Crippen LogP contribution in [0, 0.1) is 0 Å². The van der Waals surface area contributed by atoms with Gasteiger partial charge in [0.15, 0.2) is 0 Å². The molecule has 0 amide bonds. The van der Waals surface area contributed by atoms with E-state index in [-0.39, 0.29) is 5.92 Å². The summed E-state index contributed by atoms with van der Waals surface area (Å²) in [6.07, 6.45) is 6.38. The first-order valence-corrected chi connectivity index (χ1v) is 11.2. The second-order valence-corrected chi connectivity index (χ2v) is 8.34. The number of rotatable bonds is 5. The summed E-state index contributed by atoms with van der Waals surface area (Å²) >= 11 is 4.57. The first-order chi connectivity index (χ1) is 15.3. The maximum absolute atomic E-state index is 10.6. The summed E-state index contributed by atoms with van der Waals surface area (Å²) in [5, 5.41) is 7.12. The number of carbonyl (C=O) groups is 1. The summed E-state index contributed by atoms with van der Waals surface area (Å²) in [5.74, 6) is 0.0851. The molecule has 0 unspecified atom stereocenters. The zero-order chi connectivity index (χ0) is 23.1. The van der Waals surface area contributed by atoms with E-state index in [4.69, 9.17) is 14.9 Å². The Labute approximate surface area is 189 Å². The lowest BCUT2D eigenvalue weighted by Gasteiger charge is -2.22. The van der Waals surface area contributed by atoms with Crippen molar-refractivity contribution < 1.29 is 23.1 Å². The van der Waals surface area contributed by atoms with Crippen LogP contribution >= 0.6 is 12.6 Å². The lowest BCUT2D eigenvalue weighted by Crippen LogP contribution is -2.21. The molecule has 0 radical (unpaired) electrons. The average Bonchev–Trinajstić information content (AvgIpc) is 3.22. The smallest absolute Gasteiger partial charge is 0.475 e. The van der Waals surface area contributed by atoms with Crippen molar-refractivity contribution in [1.29, 1.82) is 0 Å². The molecule has 2 aromatic heterocycles. The summed E-state index contributed by atoms with van der Waals surface area (Å²) < 4.78 is 31.7. The molecule has 32 heavy (non-hydrogen) atoms. The van der Waals surface area contributed by atoms with Gasteiger partial charge in [-0.2, -0.15) is 25.8 Å². The van der Waals surface area contributed by atoms with Crippen molar-refractivity contribution in [3.8, 4) is 0 Å². The average molecular weight is 466 g/mol. The fourth-order valence-electron chi connectivity index (χ4n) is 3.96. The van der Waals surface area contributed by atoms with Crippen molar-refractivity contribution in [2.24, 2.45) is 0 Å². The first-order valence-electron chi connectivity index (χ1n) is 10.6. The number of aromatic nitrogens is 3. The van der Waals surface area contributed by atoms with E-state index in [1.807, 2.05) is 12.3 Å². The Morgan fingerprint density at radius 3 is 2.38 bits per heavy atom. The maximum Gasteiger partial charge on any atom is 0.490 e. The Morgan fingerprint density at radius 1 is 1.16 bits per heavy atom. The zero-order valence-electron chi connectivity index (χ0n) is 17.5. The summed E-state index contributed by atoms with van der Waals surface area (Å²) in [7, 11) is 0. The lowest BCUT2D eigenvalue weighted by molar-refractivity contribution is -0.192. The van der Waals surface area contributed by atoms with Crippen LogP contribution in [-0.4, -0.2) is 38.0 Å². The number of fused-ring (bicyclic) bond motifs is 1. The summed E-state index contributed by atoms with van der Waals surface area (Å²) in [5.41, 5.74) is 4.85. The zero-order valence-corrected chi connectivity index (χ0v) is 18.4. The van der Waals surface area contributed by atoms with Gasteiger partial charge in [0, 0.05) is 17.9 Å². The molecular formula is C23H26F3N3O2S. The van der Waals surface area contributed by atoms with E-state index in [1.54, 1.807) is 6.20 Å². The Morgan fingerprint density at radius 2 is 1.81 bits per heavy atom. The number of aromatic amines is 1. The van der Waals surface area contributed by atoms with E-state index >= 15 is 0 Å². The van der Waals surface area contributed by atoms with Gasteiger partial charge in [-0.15, -0.1) is 0 Å². The highest BCUT2D eigenvalue weighted by molar-refractivity contribution is 7.80. The van der Waals surface area contributed by atoms with Crippen LogP contribution in [0.15, 0.2) is 42.7 Å². The molecule has 1 aliphatic carbocycles. The highest BCUT2D eigenvalue weighted by Crippen LogP contribution is 2.33. The Bertz CT molecular complexity index is 982. The van der Waals surface area contributed by atoms with Gasteiger partial charge in [0.05, 0.1) is 17.2 Å². The predicted molar refractivity (Wildman–Crippen MR) is 120 cm³/mol. The van der Waals surface area contributed by atoms with E-state index in [2.05, 4.69) is 46.9 Å². The number of halogens is 3. The number of pyridine rings is 1. The van der Waals surface area contributed by atoms with E-state index in [9.17, 15) is 13.2 Å². The van der Waals surface area contributed by atoms with Crippen LogP contribution in [0.4, 0.5) is 13.2 Å². The third-order valence-electron chi connectivity index (χ3n) is 5.69. The number of benzene rings is 1. The monoisotopic (exact) mass is 465 g/mol. The lowest BCUT2D eigenvalue weighted by atomic mass is 9.83. The molecule has 0 spiro atoms. The maximum atomic E-state index is 10.6. The van der Waals surface area contributed by atoms with Gasteiger partial charge in [0.25, 0.3) is 0 Å². The number of imidazole rings is 1. The van der Waals surface area contributed by atoms with Crippen molar-refractivity contribution in [2.45, 2.75) is 56.5 Å². The van der Waals surface area contributed by atoms with Gasteiger partial charge in [0.1, 0.15) is 5.82 Å². The summed E-state index contributed by atoms with van der Waals surface area (Å²) in [4.78, 5) is 21.2. The highest BCUT2D eigenvalue weighted by Gasteiger charge is 2.38. The molecule has 2 N–H and O–H groups in total. The van der Waals surface area contributed by atoms with Gasteiger partial charge in [-0.05, 0) is 42.4 Å². The Hall–Kier alpha value is -2.55. The number of carboxylic acids is 1. The van der Waals surface area contributed by atoms with Crippen LogP contribution < -0.4 is 0 Å². The Balaban J connectivity index is 0.000000360. The molecule has 172 valence electrons. The molecule has 1 atom stereocenters. The van der Waals surface area contributed by atoms with Crippen molar-refractivity contribution in [3.05, 3.63) is 59.7 Å². The molecule has 1 aliphatic rings. The highest BCUT2D eigenvalue weighted by atomic mass is 32.1. The number of nitrogens with zero attached hydrogens (tertiary/aromatic N) is 2. The molecule has 5 nitrogen and oxygen atoms in total. The first kappa shape index (κ1) is 24.1. The number of hydrogen-bond donors (Lipinski definition) is 3. The van der Waals surface area contributed by atoms with Gasteiger partial charge in [-0.3, -0.25) is 4.98 Å². The fraction of sp³-hybridized carbons (Fsp3) is 0.435. The van der Waals surface area contributed by atoms with Crippen LogP contribution in [-0.2, 0) is 11.2 Å². The van der Waals surface area contributed by atoms with Gasteiger partial charge in [0.2, 0.25) is 0 Å². The third kappa shape index (κ3) is 6.48. The minimum absolute atomic E-state index is 0.288. The molecule has 1 aromatic carbocycles. The predicted octanol–water partition coefficient (Wildman–Crippen LogP) is 5.90. The SMILES string of the molecule is O=C(O)C(F)(F)F.SC[C@@H](Cc1ccc(C2CCCCC2)cc1)c1nc2ccncc2[nH]1. The van der Waals surface area contributed by atoms with Crippen LogP contribution in [0.1, 0.15) is 60.9 Å². The number of thiol groups is 1. The minimum Gasteiger partial charge on any atom is -0.475 e.